The first-order valence-electron chi connectivity index (χ1n) is 22.4. The minimum absolute atomic E-state index is 0. The van der Waals surface area contributed by atoms with Gasteiger partial charge in [-0.15, -0.1) is 24.8 Å². The van der Waals surface area contributed by atoms with Crippen LogP contribution in [0.1, 0.15) is 137 Å². The van der Waals surface area contributed by atoms with Crippen LogP contribution in [0.15, 0.2) is 61.2 Å². The lowest BCUT2D eigenvalue weighted by molar-refractivity contribution is 0.0497. The molecule has 4 heterocycles. The molecule has 0 spiro atoms. The standard InChI is InChI=1S/C28H40N4O2.C22H30N4.2ClH/c1-26(2,3)34-25(33)31-20-10-14-32(15-11-20)24-17-23(29-18-30-24)19-8-9-21-22(16-19)28(6,7)13-12-27(21,4)5;1-21(2)7-8-22(3,4)18-13-16(5-6-17(18)21)19-14-24-15-20(25-19)26-11-9-23-10-12-26;;/h8-9,16-18,20H,10-15H2,1-7H3,(H,31,33);5-6,13-15,23H,7-12H2,1-4H3;2*1H. The Morgan fingerprint density at radius 1 is 0.661 bits per heavy atom. The largest absolute Gasteiger partial charge is 0.444 e. The van der Waals surface area contributed by atoms with Gasteiger partial charge in [0.15, 0.2) is 0 Å². The third-order valence-electron chi connectivity index (χ3n) is 13.6. The van der Waals surface area contributed by atoms with Crippen LogP contribution < -0.4 is 20.4 Å². The number of fused-ring (bicyclic) bond motifs is 2. The number of carbonyl (C=O) groups excluding carboxylic acids is 1. The third kappa shape index (κ3) is 11.2. The van der Waals surface area contributed by atoms with Gasteiger partial charge >= 0.3 is 6.09 Å². The molecule has 2 aromatic heterocycles. The Morgan fingerprint density at radius 2 is 1.16 bits per heavy atom. The molecule has 0 unspecified atom stereocenters. The number of piperazine rings is 1. The molecule has 8 rings (SSSR count). The van der Waals surface area contributed by atoms with Crippen molar-refractivity contribution in [1.82, 2.24) is 30.6 Å². The highest BCUT2D eigenvalue weighted by Crippen LogP contribution is 2.48. The maximum absolute atomic E-state index is 12.1. The topological polar surface area (TPSA) is 108 Å². The number of halogens is 2. The molecule has 0 saturated carbocycles. The number of piperidine rings is 1. The molecule has 0 radical (unpaired) electrons. The second-order valence-electron chi connectivity index (χ2n) is 21.2. The zero-order chi connectivity index (χ0) is 43.1. The summed E-state index contributed by atoms with van der Waals surface area (Å²) in [6.07, 6.45) is 11.7. The van der Waals surface area contributed by atoms with E-state index in [4.69, 9.17) is 9.72 Å². The number of nitrogens with zero attached hydrogens (tertiary/aromatic N) is 6. The normalized spacial score (nSPS) is 19.9. The highest BCUT2D eigenvalue weighted by atomic mass is 35.5. The molecule has 2 fully saturated rings. The summed E-state index contributed by atoms with van der Waals surface area (Å²) in [4.78, 5) is 35.3. The molecule has 2 N–H and O–H groups in total. The van der Waals surface area contributed by atoms with Gasteiger partial charge < -0.3 is 25.2 Å². The van der Waals surface area contributed by atoms with Gasteiger partial charge in [0.2, 0.25) is 0 Å². The summed E-state index contributed by atoms with van der Waals surface area (Å²) in [6, 6.07) is 16.0. The number of hydrogen-bond acceptors (Lipinski definition) is 9. The number of carbonyl (C=O) groups is 1. The van der Waals surface area contributed by atoms with Crippen molar-refractivity contribution in [3.05, 3.63) is 83.4 Å². The van der Waals surface area contributed by atoms with Crippen LogP contribution in [0, 0.1) is 0 Å². The number of ether oxygens (including phenoxy) is 1. The van der Waals surface area contributed by atoms with Gasteiger partial charge in [-0.3, -0.25) is 4.98 Å². The summed E-state index contributed by atoms with van der Waals surface area (Å²) in [5.74, 6) is 1.93. The van der Waals surface area contributed by atoms with Gasteiger partial charge in [-0.2, -0.15) is 0 Å². The van der Waals surface area contributed by atoms with Crippen LogP contribution in [0.4, 0.5) is 16.4 Å². The van der Waals surface area contributed by atoms with Crippen molar-refractivity contribution < 1.29 is 9.53 Å². The van der Waals surface area contributed by atoms with Crippen molar-refractivity contribution in [3.63, 3.8) is 0 Å². The van der Waals surface area contributed by atoms with E-state index < -0.39 is 5.60 Å². The molecule has 2 saturated heterocycles. The smallest absolute Gasteiger partial charge is 0.407 e. The van der Waals surface area contributed by atoms with E-state index in [0.717, 1.165) is 80.7 Å². The molecule has 4 aliphatic rings. The zero-order valence-corrected chi connectivity index (χ0v) is 40.8. The third-order valence-corrected chi connectivity index (χ3v) is 13.6. The van der Waals surface area contributed by atoms with Crippen molar-refractivity contribution in [1.29, 1.82) is 0 Å². The number of nitrogens with one attached hydrogen (secondary N) is 2. The molecule has 2 aliphatic carbocycles. The highest BCUT2D eigenvalue weighted by Gasteiger charge is 2.38. The van der Waals surface area contributed by atoms with Crippen molar-refractivity contribution in [2.24, 2.45) is 0 Å². The van der Waals surface area contributed by atoms with Crippen LogP contribution in [0.2, 0.25) is 0 Å². The first kappa shape index (κ1) is 49.0. The SMILES string of the molecule is CC(C)(C)OC(=O)NC1CCN(c2cc(-c3ccc4c(c3)C(C)(C)CCC4(C)C)ncn2)CC1.CC1(C)CCC(C)(C)c2cc(-c3cncc(N4CCNCC4)n3)ccc21.Cl.Cl. The van der Waals surface area contributed by atoms with Crippen molar-refractivity contribution in [3.8, 4) is 22.5 Å². The summed E-state index contributed by atoms with van der Waals surface area (Å²) in [5.41, 5.74) is 10.5. The molecule has 0 atom stereocenters. The molecule has 2 aromatic carbocycles. The number of anilines is 2. The van der Waals surface area contributed by atoms with Crippen LogP contribution in [-0.2, 0) is 26.4 Å². The van der Waals surface area contributed by atoms with Crippen LogP contribution in [0.25, 0.3) is 22.5 Å². The van der Waals surface area contributed by atoms with Crippen LogP contribution >= 0.6 is 24.8 Å². The lowest BCUT2D eigenvalue weighted by atomic mass is 9.63. The Balaban J connectivity index is 0.000000234. The first-order valence-corrected chi connectivity index (χ1v) is 22.4. The molecule has 338 valence electrons. The number of alkyl carbamates (subject to hydrolysis) is 1. The van der Waals surface area contributed by atoms with Gasteiger partial charge in [-0.25, -0.2) is 19.7 Å². The van der Waals surface area contributed by atoms with E-state index in [-0.39, 0.29) is 58.6 Å². The highest BCUT2D eigenvalue weighted by molar-refractivity contribution is 5.85. The Morgan fingerprint density at radius 3 is 1.69 bits per heavy atom. The molecule has 12 heteroatoms. The molecule has 2 aliphatic heterocycles. The fraction of sp³-hybridized carbons (Fsp3) is 0.580. The van der Waals surface area contributed by atoms with E-state index in [1.54, 1.807) is 6.33 Å². The van der Waals surface area contributed by atoms with E-state index in [2.05, 4.69) is 133 Å². The summed E-state index contributed by atoms with van der Waals surface area (Å²) in [5, 5.41) is 6.40. The fourth-order valence-electron chi connectivity index (χ4n) is 9.44. The average Bonchev–Trinajstić information content (AvgIpc) is 3.21. The number of amides is 1. The molecule has 10 nitrogen and oxygen atoms in total. The zero-order valence-electron chi connectivity index (χ0n) is 39.2. The summed E-state index contributed by atoms with van der Waals surface area (Å²) >= 11 is 0. The number of aromatic nitrogens is 4. The molecule has 4 aromatic rings. The maximum atomic E-state index is 12.1. The summed E-state index contributed by atoms with van der Waals surface area (Å²) in [6.45, 7) is 30.2. The lowest BCUT2D eigenvalue weighted by Gasteiger charge is -2.42. The Labute approximate surface area is 384 Å². The van der Waals surface area contributed by atoms with Gasteiger partial charge in [0, 0.05) is 62.5 Å². The van der Waals surface area contributed by atoms with Crippen LogP contribution in [-0.4, -0.2) is 76.9 Å². The summed E-state index contributed by atoms with van der Waals surface area (Å²) < 4.78 is 5.40. The van der Waals surface area contributed by atoms with Gasteiger partial charge in [0.25, 0.3) is 0 Å². The molecular formula is C50H72Cl2N8O2. The van der Waals surface area contributed by atoms with Crippen molar-refractivity contribution >= 4 is 42.5 Å². The first-order chi connectivity index (χ1) is 28.2. The van der Waals surface area contributed by atoms with E-state index in [0.29, 0.717) is 0 Å². The number of rotatable bonds is 5. The second kappa shape index (κ2) is 19.0. The Hall–Kier alpha value is -3.99. The van der Waals surface area contributed by atoms with E-state index in [1.165, 1.54) is 53.5 Å². The second-order valence-corrected chi connectivity index (χ2v) is 21.2. The average molecular weight is 888 g/mol. The minimum Gasteiger partial charge on any atom is -0.444 e. The molecular weight excluding hydrogens is 816 g/mol. The van der Waals surface area contributed by atoms with E-state index >= 15 is 0 Å². The van der Waals surface area contributed by atoms with E-state index in [1.807, 2.05) is 33.2 Å². The van der Waals surface area contributed by atoms with Gasteiger partial charge in [-0.05, 0) is 115 Å². The maximum Gasteiger partial charge on any atom is 0.407 e. The van der Waals surface area contributed by atoms with Crippen molar-refractivity contribution in [2.75, 3.05) is 49.1 Å². The lowest BCUT2D eigenvalue weighted by Crippen LogP contribution is -2.46. The van der Waals surface area contributed by atoms with Gasteiger partial charge in [-0.1, -0.05) is 79.7 Å². The predicted octanol–water partition coefficient (Wildman–Crippen LogP) is 10.7. The Bertz CT molecular complexity index is 2170. The van der Waals surface area contributed by atoms with Crippen LogP contribution in [0.3, 0.4) is 0 Å². The van der Waals surface area contributed by atoms with Crippen LogP contribution in [0.5, 0.6) is 0 Å². The summed E-state index contributed by atoms with van der Waals surface area (Å²) in [7, 11) is 0. The number of hydrogen-bond donors (Lipinski definition) is 2. The molecule has 62 heavy (non-hydrogen) atoms. The van der Waals surface area contributed by atoms with Gasteiger partial charge in [0.05, 0.1) is 23.8 Å². The van der Waals surface area contributed by atoms with E-state index in [9.17, 15) is 4.79 Å². The fourth-order valence-corrected chi connectivity index (χ4v) is 9.44. The minimum atomic E-state index is -0.482. The van der Waals surface area contributed by atoms with Gasteiger partial charge in [0.1, 0.15) is 23.6 Å². The van der Waals surface area contributed by atoms with Crippen molar-refractivity contribution in [2.45, 2.75) is 148 Å². The monoisotopic (exact) mass is 887 g/mol. The molecule has 1 amide bonds. The quantitative estimate of drug-likeness (QED) is 0.202. The number of benzene rings is 2. The predicted molar refractivity (Wildman–Crippen MR) is 260 cm³/mol. The molecule has 0 bridgehead atoms. The Kier molecular flexibility index (Phi) is 15.0.